The number of carbonyl (C=O) groups is 3. The molecule has 2 aromatic carbocycles. The summed E-state index contributed by atoms with van der Waals surface area (Å²) in [6.45, 7) is 0. The van der Waals surface area contributed by atoms with Crippen LogP contribution in [0.2, 0.25) is 0 Å². The third kappa shape index (κ3) is 3.78. The van der Waals surface area contributed by atoms with Crippen LogP contribution in [-0.2, 0) is 4.79 Å². The minimum Gasteiger partial charge on any atom is -0.366 e. The van der Waals surface area contributed by atoms with Crippen molar-refractivity contribution in [3.05, 3.63) is 59.7 Å². The third-order valence-electron chi connectivity index (χ3n) is 3.75. The van der Waals surface area contributed by atoms with Gasteiger partial charge in [0.25, 0.3) is 5.91 Å². The number of nitrogens with two attached hydrogens (primary N) is 1. The standard InChI is InChI=1S/C18H17N3O3/c19-16(22)12-3-1-5-14(9-12)21-18(24)13-4-2-6-15(10-13)20-17(23)11-7-8-11/h1-6,9-11H,7-8H2,(H2,19,22)(H,20,23)(H,21,24). The van der Waals surface area contributed by atoms with E-state index in [0.29, 0.717) is 22.5 Å². The first kappa shape index (κ1) is 15.7. The summed E-state index contributed by atoms with van der Waals surface area (Å²) < 4.78 is 0. The molecular weight excluding hydrogens is 306 g/mol. The molecule has 24 heavy (non-hydrogen) atoms. The van der Waals surface area contributed by atoms with Crippen molar-refractivity contribution >= 4 is 29.1 Å². The molecule has 122 valence electrons. The highest BCUT2D eigenvalue weighted by atomic mass is 16.2. The average molecular weight is 323 g/mol. The monoisotopic (exact) mass is 323 g/mol. The first-order valence-electron chi connectivity index (χ1n) is 7.65. The quantitative estimate of drug-likeness (QED) is 0.787. The van der Waals surface area contributed by atoms with Crippen LogP contribution >= 0.6 is 0 Å². The summed E-state index contributed by atoms with van der Waals surface area (Å²) in [6.07, 6.45) is 1.84. The molecule has 1 aliphatic carbocycles. The Bertz CT molecular complexity index is 813. The number of hydrogen-bond donors (Lipinski definition) is 3. The van der Waals surface area contributed by atoms with E-state index in [4.69, 9.17) is 5.73 Å². The van der Waals surface area contributed by atoms with Gasteiger partial charge in [-0.1, -0.05) is 12.1 Å². The normalized spacial score (nSPS) is 13.2. The number of hydrogen-bond acceptors (Lipinski definition) is 3. The molecule has 1 fully saturated rings. The largest absolute Gasteiger partial charge is 0.366 e. The number of rotatable bonds is 5. The van der Waals surface area contributed by atoms with Crippen LogP contribution in [0.25, 0.3) is 0 Å². The summed E-state index contributed by atoms with van der Waals surface area (Å²) in [5.41, 5.74) is 7.02. The van der Waals surface area contributed by atoms with Crippen LogP contribution in [0.3, 0.4) is 0 Å². The summed E-state index contributed by atoms with van der Waals surface area (Å²) in [4.78, 5) is 35.3. The summed E-state index contributed by atoms with van der Waals surface area (Å²) in [6, 6.07) is 13.1. The summed E-state index contributed by atoms with van der Waals surface area (Å²) in [5.74, 6) is -0.809. The first-order chi connectivity index (χ1) is 11.5. The molecule has 6 nitrogen and oxygen atoms in total. The van der Waals surface area contributed by atoms with E-state index in [0.717, 1.165) is 12.8 Å². The maximum Gasteiger partial charge on any atom is 0.255 e. The van der Waals surface area contributed by atoms with Crippen molar-refractivity contribution in [2.45, 2.75) is 12.8 Å². The maximum atomic E-state index is 12.3. The molecular formula is C18H17N3O3. The molecule has 0 atom stereocenters. The lowest BCUT2D eigenvalue weighted by Crippen LogP contribution is -2.16. The van der Waals surface area contributed by atoms with Gasteiger partial charge in [0.2, 0.25) is 11.8 Å². The van der Waals surface area contributed by atoms with Gasteiger partial charge in [0.1, 0.15) is 0 Å². The fraction of sp³-hybridized carbons (Fsp3) is 0.167. The van der Waals surface area contributed by atoms with E-state index in [-0.39, 0.29) is 17.7 Å². The molecule has 2 aromatic rings. The zero-order valence-corrected chi connectivity index (χ0v) is 12.9. The molecule has 1 saturated carbocycles. The van der Waals surface area contributed by atoms with Gasteiger partial charge in [-0.3, -0.25) is 14.4 Å². The number of carbonyl (C=O) groups excluding carboxylic acids is 3. The molecule has 4 N–H and O–H groups in total. The SMILES string of the molecule is NC(=O)c1cccc(NC(=O)c2cccc(NC(=O)C3CC3)c2)c1. The molecule has 0 radical (unpaired) electrons. The van der Waals surface area contributed by atoms with Crippen molar-refractivity contribution < 1.29 is 14.4 Å². The van der Waals surface area contributed by atoms with Gasteiger partial charge >= 0.3 is 0 Å². The number of benzene rings is 2. The Kier molecular flexibility index (Phi) is 4.29. The molecule has 0 bridgehead atoms. The van der Waals surface area contributed by atoms with E-state index in [1.165, 1.54) is 6.07 Å². The second-order valence-electron chi connectivity index (χ2n) is 5.74. The molecule has 3 rings (SSSR count). The van der Waals surface area contributed by atoms with Gasteiger partial charge < -0.3 is 16.4 Å². The van der Waals surface area contributed by atoms with E-state index in [1.807, 2.05) is 0 Å². The van der Waals surface area contributed by atoms with Gasteiger partial charge in [0, 0.05) is 28.4 Å². The van der Waals surface area contributed by atoms with Crippen LogP contribution in [0.1, 0.15) is 33.6 Å². The number of amides is 3. The molecule has 6 heteroatoms. The Balaban J connectivity index is 1.71. The third-order valence-corrected chi connectivity index (χ3v) is 3.75. The zero-order valence-electron chi connectivity index (χ0n) is 12.9. The minimum atomic E-state index is -0.559. The highest BCUT2D eigenvalue weighted by Gasteiger charge is 2.29. The van der Waals surface area contributed by atoms with Crippen LogP contribution in [0, 0.1) is 5.92 Å². The Morgan fingerprint density at radius 2 is 1.46 bits per heavy atom. The van der Waals surface area contributed by atoms with E-state index in [9.17, 15) is 14.4 Å². The van der Waals surface area contributed by atoms with Gasteiger partial charge in [-0.2, -0.15) is 0 Å². The summed E-state index contributed by atoms with van der Waals surface area (Å²) >= 11 is 0. The number of nitrogens with one attached hydrogen (secondary N) is 2. The molecule has 1 aliphatic rings. The lowest BCUT2D eigenvalue weighted by molar-refractivity contribution is -0.117. The van der Waals surface area contributed by atoms with Crippen LogP contribution in [0.5, 0.6) is 0 Å². The first-order valence-corrected chi connectivity index (χ1v) is 7.65. The Hall–Kier alpha value is -3.15. The smallest absolute Gasteiger partial charge is 0.255 e. The van der Waals surface area contributed by atoms with Crippen molar-refractivity contribution in [3.8, 4) is 0 Å². The van der Waals surface area contributed by atoms with E-state index < -0.39 is 5.91 Å². The van der Waals surface area contributed by atoms with E-state index in [1.54, 1.807) is 42.5 Å². The predicted octanol–water partition coefficient (Wildman–Crippen LogP) is 2.39. The summed E-state index contributed by atoms with van der Waals surface area (Å²) in [5, 5.41) is 5.52. The van der Waals surface area contributed by atoms with Gasteiger partial charge in [-0.15, -0.1) is 0 Å². The fourth-order valence-electron chi connectivity index (χ4n) is 2.28. The Labute approximate surface area is 139 Å². The summed E-state index contributed by atoms with van der Waals surface area (Å²) in [7, 11) is 0. The molecule has 0 aliphatic heterocycles. The minimum absolute atomic E-state index is 0.0123. The maximum absolute atomic E-state index is 12.3. The average Bonchev–Trinajstić information content (AvgIpc) is 3.40. The van der Waals surface area contributed by atoms with Gasteiger partial charge in [0.05, 0.1) is 0 Å². The van der Waals surface area contributed by atoms with Crippen molar-refractivity contribution in [3.63, 3.8) is 0 Å². The second-order valence-corrected chi connectivity index (χ2v) is 5.74. The van der Waals surface area contributed by atoms with Crippen LogP contribution < -0.4 is 16.4 Å². The molecule has 0 aromatic heterocycles. The topological polar surface area (TPSA) is 101 Å². The Morgan fingerprint density at radius 1 is 0.875 bits per heavy atom. The van der Waals surface area contributed by atoms with Crippen LogP contribution in [0.15, 0.2) is 48.5 Å². The van der Waals surface area contributed by atoms with Crippen LogP contribution in [0.4, 0.5) is 11.4 Å². The molecule has 3 amide bonds. The molecule has 0 unspecified atom stereocenters. The highest BCUT2D eigenvalue weighted by molar-refractivity contribution is 6.06. The van der Waals surface area contributed by atoms with Gasteiger partial charge in [-0.05, 0) is 49.2 Å². The van der Waals surface area contributed by atoms with Crippen LogP contribution in [-0.4, -0.2) is 17.7 Å². The second kappa shape index (κ2) is 6.54. The Morgan fingerprint density at radius 3 is 2.08 bits per heavy atom. The van der Waals surface area contributed by atoms with Crippen molar-refractivity contribution in [1.29, 1.82) is 0 Å². The lowest BCUT2D eigenvalue weighted by Gasteiger charge is -2.09. The highest BCUT2D eigenvalue weighted by Crippen LogP contribution is 2.30. The van der Waals surface area contributed by atoms with Gasteiger partial charge in [0.15, 0.2) is 0 Å². The molecule has 0 spiro atoms. The van der Waals surface area contributed by atoms with Crippen molar-refractivity contribution in [2.24, 2.45) is 11.7 Å². The molecule has 0 heterocycles. The van der Waals surface area contributed by atoms with Crippen molar-refractivity contribution in [1.82, 2.24) is 0 Å². The molecule has 0 saturated heterocycles. The lowest BCUT2D eigenvalue weighted by atomic mass is 10.1. The van der Waals surface area contributed by atoms with Gasteiger partial charge in [-0.25, -0.2) is 0 Å². The fourth-order valence-corrected chi connectivity index (χ4v) is 2.28. The van der Waals surface area contributed by atoms with E-state index in [2.05, 4.69) is 10.6 Å². The predicted molar refractivity (Wildman–Crippen MR) is 90.7 cm³/mol. The van der Waals surface area contributed by atoms with E-state index >= 15 is 0 Å². The van der Waals surface area contributed by atoms with Crippen molar-refractivity contribution in [2.75, 3.05) is 10.6 Å². The number of primary amides is 1. The number of anilines is 2. The zero-order chi connectivity index (χ0) is 17.1.